The van der Waals surface area contributed by atoms with Gasteiger partial charge < -0.3 is 19.3 Å². The smallest absolute Gasteiger partial charge is 0.458 e. The minimum absolute atomic E-state index is 0.0228. The van der Waals surface area contributed by atoms with E-state index in [1.54, 1.807) is 18.2 Å². The molecule has 5 nitrogen and oxygen atoms in total. The van der Waals surface area contributed by atoms with Gasteiger partial charge in [0.05, 0.1) is 26.2 Å². The van der Waals surface area contributed by atoms with E-state index in [0.29, 0.717) is 23.7 Å². The number of ether oxygens (including phenoxy) is 3. The number of halogens is 10. The van der Waals surface area contributed by atoms with Crippen molar-refractivity contribution in [3.63, 3.8) is 0 Å². The zero-order valence-corrected chi connectivity index (χ0v) is 25.0. The van der Waals surface area contributed by atoms with Crippen LogP contribution in [0.2, 0.25) is 0 Å². The molecule has 3 aromatic carbocycles. The average molecular weight is 695 g/mol. The van der Waals surface area contributed by atoms with Gasteiger partial charge in [-0.15, -0.1) is 0 Å². The summed E-state index contributed by atoms with van der Waals surface area (Å²) in [5, 5.41) is 9.45. The number of benzene rings is 3. The van der Waals surface area contributed by atoms with E-state index in [-0.39, 0.29) is 60.7 Å². The van der Waals surface area contributed by atoms with Crippen LogP contribution in [0.1, 0.15) is 76.3 Å². The van der Waals surface area contributed by atoms with Crippen molar-refractivity contribution in [3.05, 3.63) is 93.5 Å². The van der Waals surface area contributed by atoms with E-state index >= 15 is 0 Å². The van der Waals surface area contributed by atoms with Crippen LogP contribution in [0.5, 0.6) is 11.5 Å². The Kier molecular flexibility index (Phi) is 9.40. The van der Waals surface area contributed by atoms with E-state index in [1.807, 2.05) is 0 Å². The highest BCUT2D eigenvalue weighted by atomic mass is 19.4. The summed E-state index contributed by atoms with van der Waals surface area (Å²) in [5.41, 5.74) is -0.840. The first-order valence-electron chi connectivity index (χ1n) is 14.7. The molecule has 1 N–H and O–H groups in total. The highest BCUT2D eigenvalue weighted by molar-refractivity contribution is 5.71. The van der Waals surface area contributed by atoms with Crippen LogP contribution >= 0.6 is 0 Å². The number of esters is 1. The Bertz CT molecular complexity index is 1670. The molecule has 3 aromatic rings. The van der Waals surface area contributed by atoms with Crippen LogP contribution in [-0.4, -0.2) is 37.1 Å². The van der Waals surface area contributed by atoms with Gasteiger partial charge in [0.25, 0.3) is 0 Å². The van der Waals surface area contributed by atoms with Crippen LogP contribution in [0.4, 0.5) is 43.9 Å². The minimum Gasteiger partial charge on any atom is -0.492 e. The van der Waals surface area contributed by atoms with Crippen molar-refractivity contribution in [1.29, 1.82) is 0 Å². The van der Waals surface area contributed by atoms with E-state index in [2.05, 4.69) is 4.74 Å². The molecule has 0 saturated carbocycles. The highest BCUT2D eigenvalue weighted by Crippen LogP contribution is 2.50. The Hall–Kier alpha value is -4.01. The second-order valence-electron chi connectivity index (χ2n) is 11.6. The first-order chi connectivity index (χ1) is 22.4. The van der Waals surface area contributed by atoms with Crippen molar-refractivity contribution >= 4 is 5.97 Å². The van der Waals surface area contributed by atoms with E-state index in [4.69, 9.17) is 9.47 Å². The standard InChI is InChI=1S/C22H19F5O4.C11H9F5O/c1-29-20(28)9-12-11-30-19-10-13(5-6-14(12)19)31-18-8-7-15-16(18)3-2-4-17(15)21(23,24)22(25,26)27;12-10(13,11(14,15)16)8-3-1-2-7-6(8)4-5-9(7)17/h2-6,10,12,18H,7-9,11H2,1H3;1-3,9,17H,4-5H2/t12-,18-;9-/m10/s1. The molecule has 0 fully saturated rings. The third kappa shape index (κ3) is 6.52. The van der Waals surface area contributed by atoms with Gasteiger partial charge in [0, 0.05) is 28.7 Å². The number of methoxy groups -OCH3 is 1. The first-order valence-corrected chi connectivity index (χ1v) is 14.7. The lowest BCUT2D eigenvalue weighted by Crippen LogP contribution is -2.34. The Morgan fingerprint density at radius 2 is 1.35 bits per heavy atom. The van der Waals surface area contributed by atoms with Crippen molar-refractivity contribution in [3.8, 4) is 11.5 Å². The number of aliphatic hydroxyl groups is 1. The summed E-state index contributed by atoms with van der Waals surface area (Å²) in [5.74, 6) is -9.34. The maximum atomic E-state index is 14.0. The summed E-state index contributed by atoms with van der Waals surface area (Å²) in [6, 6.07) is 11.9. The van der Waals surface area contributed by atoms with Gasteiger partial charge in [-0.25, -0.2) is 0 Å². The Labute approximate surface area is 267 Å². The summed E-state index contributed by atoms with van der Waals surface area (Å²) in [7, 11) is 1.31. The number of hydrogen-bond donors (Lipinski definition) is 1. The van der Waals surface area contributed by atoms with E-state index in [1.165, 1.54) is 25.3 Å². The predicted octanol–water partition coefficient (Wildman–Crippen LogP) is 8.77. The Morgan fingerprint density at radius 3 is 1.94 bits per heavy atom. The first kappa shape index (κ1) is 35.3. The lowest BCUT2D eigenvalue weighted by Gasteiger charge is -2.23. The van der Waals surface area contributed by atoms with Crippen molar-refractivity contribution in [2.45, 2.75) is 74.4 Å². The molecular weight excluding hydrogens is 666 g/mol. The van der Waals surface area contributed by atoms with E-state index in [9.17, 15) is 53.8 Å². The molecule has 0 radical (unpaired) electrons. The molecule has 0 amide bonds. The second kappa shape index (κ2) is 12.8. The van der Waals surface area contributed by atoms with Crippen LogP contribution in [0, 0.1) is 0 Å². The maximum Gasteiger partial charge on any atom is 0.458 e. The fourth-order valence-corrected chi connectivity index (χ4v) is 6.21. The molecule has 1 heterocycles. The van der Waals surface area contributed by atoms with Gasteiger partial charge in [-0.05, 0) is 54.0 Å². The topological polar surface area (TPSA) is 65.0 Å². The van der Waals surface area contributed by atoms with Crippen LogP contribution in [-0.2, 0) is 34.2 Å². The third-order valence-corrected chi connectivity index (χ3v) is 8.63. The van der Waals surface area contributed by atoms with Crippen molar-refractivity contribution in [2.24, 2.45) is 0 Å². The van der Waals surface area contributed by atoms with Crippen molar-refractivity contribution in [1.82, 2.24) is 0 Å². The fraction of sp³-hybridized carbons (Fsp3) is 0.424. The van der Waals surface area contributed by atoms with E-state index < -0.39 is 47.5 Å². The minimum atomic E-state index is -5.67. The molecule has 15 heteroatoms. The SMILES string of the molecule is COC(=O)C[C@@H]1COc2cc(O[C@@H]3CCc4c3cccc4C(F)(F)C(F)(F)F)ccc21.O[C@H]1CCc2c1cccc2C(F)(F)C(F)(F)F. The number of carbonyl (C=O) groups is 1. The monoisotopic (exact) mass is 694 g/mol. The number of alkyl halides is 10. The van der Waals surface area contributed by atoms with Gasteiger partial charge >= 0.3 is 30.2 Å². The molecule has 0 bridgehead atoms. The largest absolute Gasteiger partial charge is 0.492 e. The predicted molar refractivity (Wildman–Crippen MR) is 149 cm³/mol. The zero-order chi connectivity index (χ0) is 35.2. The van der Waals surface area contributed by atoms with Gasteiger partial charge in [0.1, 0.15) is 17.6 Å². The molecule has 2 aliphatic carbocycles. The quantitative estimate of drug-likeness (QED) is 0.207. The molecule has 0 saturated heterocycles. The van der Waals surface area contributed by atoms with Gasteiger partial charge in [-0.1, -0.05) is 42.5 Å². The zero-order valence-electron chi connectivity index (χ0n) is 25.0. The molecule has 3 aliphatic rings. The molecule has 48 heavy (non-hydrogen) atoms. The second-order valence-corrected chi connectivity index (χ2v) is 11.6. The van der Waals surface area contributed by atoms with Crippen molar-refractivity contribution < 1.29 is 68.0 Å². The fourth-order valence-electron chi connectivity index (χ4n) is 6.21. The normalized spacial score (nSPS) is 20.2. The Morgan fingerprint density at radius 1 is 0.792 bits per heavy atom. The number of carbonyl (C=O) groups excluding carboxylic acids is 1. The molecule has 0 aromatic heterocycles. The van der Waals surface area contributed by atoms with Crippen LogP contribution < -0.4 is 9.47 Å². The third-order valence-electron chi connectivity index (χ3n) is 8.63. The highest BCUT2D eigenvalue weighted by Gasteiger charge is 2.61. The molecule has 6 rings (SSSR count). The summed E-state index contributed by atoms with van der Waals surface area (Å²) < 4.78 is 146. The summed E-state index contributed by atoms with van der Waals surface area (Å²) in [6.07, 6.45) is -12.1. The van der Waals surface area contributed by atoms with Crippen LogP contribution in [0.25, 0.3) is 0 Å². The molecule has 0 unspecified atom stereocenters. The summed E-state index contributed by atoms with van der Waals surface area (Å²) in [6.45, 7) is 0.316. The number of rotatable bonds is 6. The van der Waals surface area contributed by atoms with E-state index in [0.717, 1.165) is 23.8 Å². The van der Waals surface area contributed by atoms with Crippen molar-refractivity contribution in [2.75, 3.05) is 13.7 Å². The molecule has 0 spiro atoms. The van der Waals surface area contributed by atoms with Gasteiger partial charge in [0.2, 0.25) is 0 Å². The molecule has 3 atom stereocenters. The molecule has 1 aliphatic heterocycles. The average Bonchev–Trinajstić information content (AvgIpc) is 3.73. The molecular formula is C33H28F10O5. The lowest BCUT2D eigenvalue weighted by molar-refractivity contribution is -0.289. The maximum absolute atomic E-state index is 14.0. The number of aliphatic hydroxyl groups excluding tert-OH is 1. The Balaban J connectivity index is 0.000000224. The van der Waals surface area contributed by atoms with Crippen LogP contribution in [0.3, 0.4) is 0 Å². The van der Waals surface area contributed by atoms with Crippen LogP contribution in [0.15, 0.2) is 54.6 Å². The summed E-state index contributed by atoms with van der Waals surface area (Å²) >= 11 is 0. The number of hydrogen-bond acceptors (Lipinski definition) is 5. The van der Waals surface area contributed by atoms with Gasteiger partial charge in [0.15, 0.2) is 0 Å². The van der Waals surface area contributed by atoms with Gasteiger partial charge in [-0.3, -0.25) is 4.79 Å². The van der Waals surface area contributed by atoms with Gasteiger partial charge in [-0.2, -0.15) is 43.9 Å². The molecule has 260 valence electrons. The lowest BCUT2D eigenvalue weighted by atomic mass is 9.97. The number of fused-ring (bicyclic) bond motifs is 3. The summed E-state index contributed by atoms with van der Waals surface area (Å²) in [4.78, 5) is 11.5.